The fourth-order valence-corrected chi connectivity index (χ4v) is 2.57. The van der Waals surface area contributed by atoms with E-state index in [9.17, 15) is 14.9 Å². The standard InChI is InChI=1S/C18H18N4O5/c1-10(2)27-17-15(22(24)25)6-11(7-16(17)26-3)9-19-12-4-5-13-14(8-12)21-18(23)20-13/h4-10H,1-3H3,(H2,20,21,23). The van der Waals surface area contributed by atoms with Gasteiger partial charge in [0.1, 0.15) is 0 Å². The fourth-order valence-electron chi connectivity index (χ4n) is 2.57. The summed E-state index contributed by atoms with van der Waals surface area (Å²) in [5.41, 5.74) is 1.87. The lowest BCUT2D eigenvalue weighted by Crippen LogP contribution is -2.09. The minimum Gasteiger partial charge on any atom is -0.493 e. The average Bonchev–Trinajstić information content (AvgIpc) is 2.99. The summed E-state index contributed by atoms with van der Waals surface area (Å²) >= 11 is 0. The summed E-state index contributed by atoms with van der Waals surface area (Å²) < 4.78 is 10.8. The van der Waals surface area contributed by atoms with Gasteiger partial charge >= 0.3 is 11.4 Å². The molecule has 2 N–H and O–H groups in total. The molecular weight excluding hydrogens is 352 g/mol. The minimum atomic E-state index is -0.520. The molecule has 0 saturated heterocycles. The third-order valence-electron chi connectivity index (χ3n) is 3.69. The Morgan fingerprint density at radius 3 is 2.59 bits per heavy atom. The first-order valence-electron chi connectivity index (χ1n) is 8.16. The lowest BCUT2D eigenvalue weighted by atomic mass is 10.1. The highest BCUT2D eigenvalue weighted by molar-refractivity contribution is 5.86. The van der Waals surface area contributed by atoms with E-state index in [-0.39, 0.29) is 29.0 Å². The monoisotopic (exact) mass is 370 g/mol. The van der Waals surface area contributed by atoms with E-state index < -0.39 is 4.92 Å². The van der Waals surface area contributed by atoms with Gasteiger partial charge in [-0.25, -0.2) is 4.79 Å². The predicted octanol–water partition coefficient (Wildman–Crippen LogP) is 3.31. The molecule has 0 radical (unpaired) electrons. The molecule has 0 aliphatic rings. The SMILES string of the molecule is COc1cc(C=Nc2ccc3[nH]c(=O)[nH]c3c2)cc([N+](=O)[O-])c1OC(C)C. The molecule has 27 heavy (non-hydrogen) atoms. The molecular formula is C18H18N4O5. The van der Waals surface area contributed by atoms with Crippen LogP contribution in [0.2, 0.25) is 0 Å². The molecule has 0 fully saturated rings. The Morgan fingerprint density at radius 1 is 1.19 bits per heavy atom. The van der Waals surface area contributed by atoms with Crippen molar-refractivity contribution in [3.8, 4) is 11.5 Å². The van der Waals surface area contributed by atoms with E-state index in [1.165, 1.54) is 19.4 Å². The first-order valence-corrected chi connectivity index (χ1v) is 8.16. The maximum absolute atomic E-state index is 11.4. The number of nitrogens with zero attached hydrogens (tertiary/aromatic N) is 2. The number of hydrogen-bond donors (Lipinski definition) is 2. The van der Waals surface area contributed by atoms with Crippen LogP contribution in [-0.4, -0.2) is 34.3 Å². The number of aliphatic imine (C=N–C) groups is 1. The van der Waals surface area contributed by atoms with Gasteiger partial charge in [0.25, 0.3) is 0 Å². The molecule has 0 aliphatic carbocycles. The molecule has 0 amide bonds. The third kappa shape index (κ3) is 3.97. The number of imidazole rings is 1. The van der Waals surface area contributed by atoms with Crippen LogP contribution >= 0.6 is 0 Å². The fraction of sp³-hybridized carbons (Fsp3) is 0.222. The summed E-state index contributed by atoms with van der Waals surface area (Å²) in [6, 6.07) is 8.14. The Hall–Kier alpha value is -3.62. The van der Waals surface area contributed by atoms with Gasteiger partial charge in [0.2, 0.25) is 5.75 Å². The van der Waals surface area contributed by atoms with Crippen LogP contribution in [0.15, 0.2) is 40.1 Å². The zero-order chi connectivity index (χ0) is 19.6. The van der Waals surface area contributed by atoms with Crippen molar-refractivity contribution in [1.82, 2.24) is 9.97 Å². The number of H-pyrrole nitrogens is 2. The zero-order valence-corrected chi connectivity index (χ0v) is 15.0. The molecule has 9 nitrogen and oxygen atoms in total. The molecule has 0 aliphatic heterocycles. The summed E-state index contributed by atoms with van der Waals surface area (Å²) in [4.78, 5) is 31.9. The summed E-state index contributed by atoms with van der Waals surface area (Å²) in [6.45, 7) is 3.56. The van der Waals surface area contributed by atoms with Crippen molar-refractivity contribution in [2.45, 2.75) is 20.0 Å². The smallest absolute Gasteiger partial charge is 0.323 e. The van der Waals surface area contributed by atoms with E-state index in [0.717, 1.165) is 0 Å². The number of nitro benzene ring substituents is 1. The zero-order valence-electron chi connectivity index (χ0n) is 15.0. The lowest BCUT2D eigenvalue weighted by molar-refractivity contribution is -0.386. The molecule has 1 aromatic heterocycles. The topological polar surface area (TPSA) is 123 Å². The summed E-state index contributed by atoms with van der Waals surface area (Å²) in [5, 5.41) is 11.4. The van der Waals surface area contributed by atoms with Gasteiger partial charge < -0.3 is 19.4 Å². The van der Waals surface area contributed by atoms with E-state index in [4.69, 9.17) is 9.47 Å². The van der Waals surface area contributed by atoms with E-state index in [0.29, 0.717) is 22.3 Å². The van der Waals surface area contributed by atoms with Crippen LogP contribution < -0.4 is 15.2 Å². The van der Waals surface area contributed by atoms with Crippen molar-refractivity contribution in [3.05, 3.63) is 56.5 Å². The first-order chi connectivity index (χ1) is 12.9. The van der Waals surface area contributed by atoms with Crippen LogP contribution in [0.1, 0.15) is 19.4 Å². The molecule has 140 valence electrons. The molecule has 2 aromatic carbocycles. The third-order valence-corrected chi connectivity index (χ3v) is 3.69. The van der Waals surface area contributed by atoms with Crippen LogP contribution in [0.5, 0.6) is 11.5 Å². The summed E-state index contributed by atoms with van der Waals surface area (Å²) in [7, 11) is 1.42. The molecule has 0 atom stereocenters. The second kappa shape index (κ2) is 7.32. The van der Waals surface area contributed by atoms with Crippen molar-refractivity contribution < 1.29 is 14.4 Å². The number of methoxy groups -OCH3 is 1. The minimum absolute atomic E-state index is 0.0842. The maximum Gasteiger partial charge on any atom is 0.323 e. The number of ether oxygens (including phenoxy) is 2. The van der Waals surface area contributed by atoms with E-state index in [1.807, 2.05) is 0 Å². The number of nitrogens with one attached hydrogen (secondary N) is 2. The second-order valence-corrected chi connectivity index (χ2v) is 6.06. The summed E-state index contributed by atoms with van der Waals surface area (Å²) in [5.74, 6) is 0.339. The van der Waals surface area contributed by atoms with Crippen molar-refractivity contribution in [3.63, 3.8) is 0 Å². The van der Waals surface area contributed by atoms with Crippen LogP contribution in [-0.2, 0) is 0 Å². The number of fused-ring (bicyclic) bond motifs is 1. The van der Waals surface area contributed by atoms with Gasteiger partial charge in [0.15, 0.2) is 5.75 Å². The highest BCUT2D eigenvalue weighted by Gasteiger charge is 2.22. The van der Waals surface area contributed by atoms with E-state index in [1.54, 1.807) is 38.1 Å². The van der Waals surface area contributed by atoms with Gasteiger partial charge in [-0.1, -0.05) is 0 Å². The molecule has 0 unspecified atom stereocenters. The molecule has 0 saturated carbocycles. The second-order valence-electron chi connectivity index (χ2n) is 6.06. The van der Waals surface area contributed by atoms with E-state index >= 15 is 0 Å². The molecule has 9 heteroatoms. The number of benzene rings is 2. The van der Waals surface area contributed by atoms with Crippen LogP contribution in [0.25, 0.3) is 11.0 Å². The van der Waals surface area contributed by atoms with Gasteiger partial charge in [-0.05, 0) is 38.1 Å². The Labute approximate surface area is 153 Å². The molecule has 1 heterocycles. The predicted molar refractivity (Wildman–Crippen MR) is 102 cm³/mol. The first kappa shape index (κ1) is 18.2. The van der Waals surface area contributed by atoms with Crippen molar-refractivity contribution >= 4 is 28.6 Å². The number of aromatic amines is 2. The number of rotatable bonds is 6. The van der Waals surface area contributed by atoms with Gasteiger partial charge in [0.05, 0.1) is 34.9 Å². The molecule has 0 spiro atoms. The highest BCUT2D eigenvalue weighted by Crippen LogP contribution is 2.38. The van der Waals surface area contributed by atoms with Crippen LogP contribution in [0.3, 0.4) is 0 Å². The van der Waals surface area contributed by atoms with Crippen LogP contribution in [0, 0.1) is 10.1 Å². The number of aromatic nitrogens is 2. The highest BCUT2D eigenvalue weighted by atomic mass is 16.6. The normalized spacial score (nSPS) is 11.4. The molecule has 0 bridgehead atoms. The molecule has 3 rings (SSSR count). The van der Waals surface area contributed by atoms with Crippen molar-refractivity contribution in [2.75, 3.05) is 7.11 Å². The number of hydrogen-bond acceptors (Lipinski definition) is 6. The van der Waals surface area contributed by atoms with Crippen molar-refractivity contribution in [1.29, 1.82) is 0 Å². The largest absolute Gasteiger partial charge is 0.493 e. The summed E-state index contributed by atoms with van der Waals surface area (Å²) in [6.07, 6.45) is 1.24. The maximum atomic E-state index is 11.4. The van der Waals surface area contributed by atoms with Crippen molar-refractivity contribution in [2.24, 2.45) is 4.99 Å². The average molecular weight is 370 g/mol. The van der Waals surface area contributed by atoms with Gasteiger partial charge in [-0.2, -0.15) is 0 Å². The Balaban J connectivity index is 1.99. The van der Waals surface area contributed by atoms with E-state index in [2.05, 4.69) is 15.0 Å². The quantitative estimate of drug-likeness (QED) is 0.391. The van der Waals surface area contributed by atoms with Crippen LogP contribution in [0.4, 0.5) is 11.4 Å². The number of nitro groups is 1. The Kier molecular flexibility index (Phi) is 4.93. The van der Waals surface area contributed by atoms with Gasteiger partial charge in [-0.15, -0.1) is 0 Å². The Morgan fingerprint density at radius 2 is 1.93 bits per heavy atom. The van der Waals surface area contributed by atoms with Gasteiger partial charge in [-0.3, -0.25) is 15.1 Å². The van der Waals surface area contributed by atoms with Gasteiger partial charge in [0, 0.05) is 17.8 Å². The molecule has 3 aromatic rings. The lowest BCUT2D eigenvalue weighted by Gasteiger charge is -2.14. The Bertz CT molecular complexity index is 1080.